The molecule has 0 saturated heterocycles. The molecule has 0 saturated carbocycles. The van der Waals surface area contributed by atoms with Crippen molar-refractivity contribution in [1.82, 2.24) is 0 Å². The van der Waals surface area contributed by atoms with Crippen LogP contribution in [0, 0.1) is 0 Å². The highest BCUT2D eigenvalue weighted by Gasteiger charge is 2.06. The Hall–Kier alpha value is -0.190. The second kappa shape index (κ2) is 4.88. The predicted octanol–water partition coefficient (Wildman–Crippen LogP) is 1.94. The van der Waals surface area contributed by atoms with Gasteiger partial charge in [0.05, 0.1) is 22.7 Å². The quantitative estimate of drug-likeness (QED) is 0.904. The zero-order valence-electron chi connectivity index (χ0n) is 7.24. The van der Waals surface area contributed by atoms with E-state index in [1.54, 1.807) is 19.1 Å². The molecule has 72 valence electrons. The first kappa shape index (κ1) is 10.9. The van der Waals surface area contributed by atoms with E-state index in [0.29, 0.717) is 5.75 Å². The maximum Gasteiger partial charge on any atom is 0.0630 e. The van der Waals surface area contributed by atoms with E-state index in [0.717, 1.165) is 9.37 Å². The molecular formula is C9H11BrO2S. The van der Waals surface area contributed by atoms with Gasteiger partial charge in [-0.2, -0.15) is 0 Å². The Labute approximate surface area is 88.6 Å². The molecule has 0 aliphatic heterocycles. The molecule has 0 aliphatic rings. The minimum atomic E-state index is -1.09. The molecular weight excluding hydrogens is 252 g/mol. The molecule has 0 fully saturated rings. The van der Waals surface area contributed by atoms with Gasteiger partial charge in [0.2, 0.25) is 0 Å². The molecule has 0 unspecified atom stereocenters. The summed E-state index contributed by atoms with van der Waals surface area (Å²) in [5, 5.41) is 9.04. The van der Waals surface area contributed by atoms with Crippen LogP contribution in [0.3, 0.4) is 0 Å². The summed E-state index contributed by atoms with van der Waals surface area (Å²) in [4.78, 5) is 0.754. The molecule has 1 aromatic carbocycles. The summed E-state index contributed by atoms with van der Waals surface area (Å²) in [6.45, 7) is 1.64. The zero-order chi connectivity index (χ0) is 9.84. The molecule has 1 rings (SSSR count). The van der Waals surface area contributed by atoms with Gasteiger partial charge in [0.25, 0.3) is 0 Å². The monoisotopic (exact) mass is 262 g/mol. The number of benzene rings is 1. The smallest absolute Gasteiger partial charge is 0.0630 e. The van der Waals surface area contributed by atoms with E-state index in [2.05, 4.69) is 15.9 Å². The van der Waals surface area contributed by atoms with E-state index < -0.39 is 16.9 Å². The minimum Gasteiger partial charge on any atom is -0.392 e. The van der Waals surface area contributed by atoms with E-state index >= 15 is 0 Å². The van der Waals surface area contributed by atoms with E-state index in [-0.39, 0.29) is 0 Å². The van der Waals surface area contributed by atoms with Gasteiger partial charge < -0.3 is 5.11 Å². The highest BCUT2D eigenvalue weighted by atomic mass is 79.9. The van der Waals surface area contributed by atoms with Crippen LogP contribution in [0.5, 0.6) is 0 Å². The van der Waals surface area contributed by atoms with E-state index in [4.69, 9.17) is 5.11 Å². The molecule has 4 heteroatoms. The molecule has 13 heavy (non-hydrogen) atoms. The third-order valence-corrected chi connectivity index (χ3v) is 3.58. The Balaban J connectivity index is 2.72. The van der Waals surface area contributed by atoms with Crippen molar-refractivity contribution in [2.45, 2.75) is 17.9 Å². The fourth-order valence-electron chi connectivity index (χ4n) is 0.902. The Morgan fingerprint density at radius 2 is 2.00 bits per heavy atom. The lowest BCUT2D eigenvalue weighted by atomic mass is 10.4. The van der Waals surface area contributed by atoms with Crippen molar-refractivity contribution in [1.29, 1.82) is 0 Å². The zero-order valence-corrected chi connectivity index (χ0v) is 9.64. The van der Waals surface area contributed by atoms with Gasteiger partial charge in [0.1, 0.15) is 0 Å². The van der Waals surface area contributed by atoms with Crippen LogP contribution >= 0.6 is 15.9 Å². The first-order chi connectivity index (χ1) is 6.09. The molecule has 0 bridgehead atoms. The van der Waals surface area contributed by atoms with Gasteiger partial charge in [0, 0.05) is 9.37 Å². The summed E-state index contributed by atoms with van der Waals surface area (Å²) >= 11 is 3.30. The van der Waals surface area contributed by atoms with Crippen molar-refractivity contribution in [2.75, 3.05) is 5.75 Å². The highest BCUT2D eigenvalue weighted by Crippen LogP contribution is 2.13. The van der Waals surface area contributed by atoms with Gasteiger partial charge in [-0.1, -0.05) is 15.9 Å². The average molecular weight is 263 g/mol. The average Bonchev–Trinajstić information content (AvgIpc) is 2.04. The van der Waals surface area contributed by atoms with Gasteiger partial charge in [0.15, 0.2) is 0 Å². The summed E-state index contributed by atoms with van der Waals surface area (Å²) in [7, 11) is -1.09. The van der Waals surface area contributed by atoms with E-state index in [1.165, 1.54) is 0 Å². The Bertz CT molecular complexity index is 295. The van der Waals surface area contributed by atoms with Crippen LogP contribution in [0.2, 0.25) is 0 Å². The Morgan fingerprint density at radius 1 is 1.46 bits per heavy atom. The molecule has 0 radical (unpaired) electrons. The molecule has 0 aromatic heterocycles. The first-order valence-corrected chi connectivity index (χ1v) is 6.03. The number of hydrogen-bond acceptors (Lipinski definition) is 2. The molecule has 1 aromatic rings. The lowest BCUT2D eigenvalue weighted by Gasteiger charge is -2.04. The topological polar surface area (TPSA) is 37.3 Å². The molecule has 0 heterocycles. The largest absolute Gasteiger partial charge is 0.392 e. The molecule has 1 N–H and O–H groups in total. The number of hydrogen-bond donors (Lipinski definition) is 1. The second-order valence-electron chi connectivity index (χ2n) is 2.82. The Morgan fingerprint density at radius 3 is 2.46 bits per heavy atom. The fourth-order valence-corrected chi connectivity index (χ4v) is 2.24. The number of aliphatic hydroxyl groups excluding tert-OH is 1. The maximum absolute atomic E-state index is 11.5. The molecule has 2 nitrogen and oxygen atoms in total. The second-order valence-corrected chi connectivity index (χ2v) is 5.23. The van der Waals surface area contributed by atoms with Crippen LogP contribution in [0.4, 0.5) is 0 Å². The van der Waals surface area contributed by atoms with Crippen molar-refractivity contribution in [3.63, 3.8) is 0 Å². The fraction of sp³-hybridized carbons (Fsp3) is 0.333. The van der Waals surface area contributed by atoms with Crippen molar-refractivity contribution in [3.05, 3.63) is 28.7 Å². The van der Waals surface area contributed by atoms with Crippen molar-refractivity contribution in [3.8, 4) is 0 Å². The van der Waals surface area contributed by atoms with Crippen LogP contribution in [0.15, 0.2) is 33.6 Å². The summed E-state index contributed by atoms with van der Waals surface area (Å²) in [5.74, 6) is 0.293. The van der Waals surface area contributed by atoms with Crippen LogP contribution in [0.25, 0.3) is 0 Å². The third kappa shape index (κ3) is 3.58. The normalized spacial score (nSPS) is 15.3. The highest BCUT2D eigenvalue weighted by molar-refractivity contribution is 9.10. The van der Waals surface area contributed by atoms with E-state index in [9.17, 15) is 4.21 Å². The molecule has 0 amide bonds. The number of rotatable bonds is 3. The van der Waals surface area contributed by atoms with Crippen LogP contribution in [-0.2, 0) is 10.8 Å². The standard InChI is InChI=1S/C9H11BrO2S/c1-7(11)6-13(12)9-4-2-8(10)3-5-9/h2-5,7,11H,6H2,1H3/t7-,13+/m0/s1. The van der Waals surface area contributed by atoms with Crippen molar-refractivity contribution in [2.24, 2.45) is 0 Å². The Kier molecular flexibility index (Phi) is 4.09. The summed E-state index contributed by atoms with van der Waals surface area (Å²) in [6.07, 6.45) is -0.524. The van der Waals surface area contributed by atoms with Gasteiger partial charge in [-0.3, -0.25) is 4.21 Å². The van der Waals surface area contributed by atoms with Crippen LogP contribution < -0.4 is 0 Å². The minimum absolute atomic E-state index is 0.293. The lowest BCUT2D eigenvalue weighted by Crippen LogP contribution is -2.12. The number of halogens is 1. The number of aliphatic hydroxyl groups is 1. The summed E-state index contributed by atoms with van der Waals surface area (Å²) in [5.41, 5.74) is 0. The molecule has 0 spiro atoms. The maximum atomic E-state index is 11.5. The first-order valence-electron chi connectivity index (χ1n) is 3.91. The third-order valence-electron chi connectivity index (χ3n) is 1.47. The van der Waals surface area contributed by atoms with Crippen LogP contribution in [0.1, 0.15) is 6.92 Å². The van der Waals surface area contributed by atoms with Crippen LogP contribution in [-0.4, -0.2) is 21.2 Å². The lowest BCUT2D eigenvalue weighted by molar-refractivity contribution is 0.219. The summed E-state index contributed by atoms with van der Waals surface area (Å²) in [6, 6.07) is 7.27. The molecule has 0 aliphatic carbocycles. The van der Waals surface area contributed by atoms with Gasteiger partial charge >= 0.3 is 0 Å². The van der Waals surface area contributed by atoms with Crippen molar-refractivity contribution >= 4 is 26.7 Å². The summed E-state index contributed by atoms with van der Waals surface area (Å²) < 4.78 is 12.5. The van der Waals surface area contributed by atoms with E-state index in [1.807, 2.05) is 12.1 Å². The SMILES string of the molecule is C[C@H](O)C[S@@](=O)c1ccc(Br)cc1. The molecule has 2 atom stereocenters. The van der Waals surface area contributed by atoms with Gasteiger partial charge in [-0.05, 0) is 31.2 Å². The van der Waals surface area contributed by atoms with Gasteiger partial charge in [-0.25, -0.2) is 0 Å². The predicted molar refractivity (Wildman–Crippen MR) is 57.1 cm³/mol. The van der Waals surface area contributed by atoms with Crippen molar-refractivity contribution < 1.29 is 9.32 Å². The van der Waals surface area contributed by atoms with Gasteiger partial charge in [-0.15, -0.1) is 0 Å².